The van der Waals surface area contributed by atoms with Gasteiger partial charge >= 0.3 is 0 Å². The Morgan fingerprint density at radius 3 is 2.83 bits per heavy atom. The zero-order chi connectivity index (χ0) is 21.0. The Bertz CT molecular complexity index is 967. The van der Waals surface area contributed by atoms with Crippen LogP contribution < -0.4 is 10.2 Å². The first kappa shape index (κ1) is 20.4. The smallest absolute Gasteiger partial charge is 0.259 e. The highest BCUT2D eigenvalue weighted by atomic mass is 32.1. The summed E-state index contributed by atoms with van der Waals surface area (Å²) >= 11 is 1.26. The van der Waals surface area contributed by atoms with Gasteiger partial charge in [-0.1, -0.05) is 41.7 Å². The number of likely N-dealkylation sites (N-methyl/N-ethyl adjacent to an activating group) is 1. The molecule has 156 valence electrons. The van der Waals surface area contributed by atoms with Gasteiger partial charge in [-0.25, -0.2) is 4.98 Å². The van der Waals surface area contributed by atoms with Gasteiger partial charge in [0.2, 0.25) is 5.13 Å². The van der Waals surface area contributed by atoms with E-state index >= 15 is 0 Å². The van der Waals surface area contributed by atoms with E-state index in [-0.39, 0.29) is 5.91 Å². The van der Waals surface area contributed by atoms with Gasteiger partial charge in [0.25, 0.3) is 5.91 Å². The summed E-state index contributed by atoms with van der Waals surface area (Å²) in [5.41, 5.74) is 2.45. The number of likely N-dealkylation sites (tertiary alicyclic amines) is 1. The molecule has 4 rings (SSSR count). The summed E-state index contributed by atoms with van der Waals surface area (Å²) in [6.45, 7) is 2.79. The van der Waals surface area contributed by atoms with E-state index < -0.39 is 5.60 Å². The number of benzene rings is 1. The zero-order valence-corrected chi connectivity index (χ0v) is 17.5. The molecule has 3 heterocycles. The maximum atomic E-state index is 12.2. The molecule has 0 bridgehead atoms. The fourth-order valence-corrected chi connectivity index (χ4v) is 4.15. The van der Waals surface area contributed by atoms with Crippen LogP contribution in [0.1, 0.15) is 22.3 Å². The van der Waals surface area contributed by atoms with Crippen molar-refractivity contribution in [3.8, 4) is 0 Å². The first-order chi connectivity index (χ1) is 14.5. The molecule has 9 heteroatoms. The number of anilines is 2. The van der Waals surface area contributed by atoms with Crippen LogP contribution in [0.5, 0.6) is 0 Å². The van der Waals surface area contributed by atoms with Gasteiger partial charge in [-0.05, 0) is 24.1 Å². The van der Waals surface area contributed by atoms with Crippen molar-refractivity contribution >= 4 is 28.2 Å². The minimum Gasteiger partial charge on any atom is -0.387 e. The van der Waals surface area contributed by atoms with Gasteiger partial charge in [0.05, 0.1) is 11.2 Å². The van der Waals surface area contributed by atoms with E-state index in [1.54, 1.807) is 17.6 Å². The topological polar surface area (TPSA) is 94.5 Å². The summed E-state index contributed by atoms with van der Waals surface area (Å²) in [4.78, 5) is 20.8. The highest BCUT2D eigenvalue weighted by Crippen LogP contribution is 2.25. The van der Waals surface area contributed by atoms with E-state index in [9.17, 15) is 9.90 Å². The number of hydrogen-bond donors (Lipinski definition) is 2. The van der Waals surface area contributed by atoms with Gasteiger partial charge in [-0.3, -0.25) is 15.0 Å². The van der Waals surface area contributed by atoms with Crippen LogP contribution in [0.4, 0.5) is 10.9 Å². The summed E-state index contributed by atoms with van der Waals surface area (Å²) in [5.74, 6) is 0.428. The largest absolute Gasteiger partial charge is 0.387 e. The lowest BCUT2D eigenvalue weighted by atomic mass is 10.0. The molecule has 2 N–H and O–H groups in total. The average Bonchev–Trinajstić information content (AvgIpc) is 3.38. The quantitative estimate of drug-likeness (QED) is 0.601. The molecule has 1 aromatic carbocycles. The Hall–Kier alpha value is -2.88. The SMILES string of the molecule is CN(CC1(O)CCN(Cc2ccccc2)C1)c1ccc(C(=O)Nc2nncs2)cn1. The van der Waals surface area contributed by atoms with Crippen molar-refractivity contribution in [1.82, 2.24) is 20.1 Å². The Morgan fingerprint density at radius 1 is 1.30 bits per heavy atom. The van der Waals surface area contributed by atoms with Gasteiger partial charge in [0.1, 0.15) is 11.3 Å². The van der Waals surface area contributed by atoms with Crippen LogP contribution in [-0.2, 0) is 6.54 Å². The number of carbonyl (C=O) groups excluding carboxylic acids is 1. The lowest BCUT2D eigenvalue weighted by Gasteiger charge is -2.29. The number of β-amino-alcohol motifs (C(OH)–C–C–N with tert-alkyl or cyclic N) is 1. The van der Waals surface area contributed by atoms with Gasteiger partial charge in [-0.2, -0.15) is 0 Å². The lowest BCUT2D eigenvalue weighted by Crippen LogP contribution is -2.44. The maximum absolute atomic E-state index is 12.2. The molecule has 3 aromatic rings. The van der Waals surface area contributed by atoms with E-state index in [1.165, 1.54) is 23.1 Å². The van der Waals surface area contributed by atoms with Crippen molar-refractivity contribution in [3.05, 3.63) is 65.3 Å². The maximum Gasteiger partial charge on any atom is 0.259 e. The monoisotopic (exact) mass is 424 g/mol. The van der Waals surface area contributed by atoms with Crippen molar-refractivity contribution in [3.63, 3.8) is 0 Å². The van der Waals surface area contributed by atoms with Crippen LogP contribution in [0.25, 0.3) is 0 Å². The Kier molecular flexibility index (Phi) is 6.03. The fourth-order valence-electron chi connectivity index (χ4n) is 3.71. The van der Waals surface area contributed by atoms with Gasteiger partial charge in [-0.15, -0.1) is 10.2 Å². The number of nitrogens with one attached hydrogen (secondary N) is 1. The van der Waals surface area contributed by atoms with Crippen molar-refractivity contribution in [2.75, 3.05) is 36.9 Å². The number of carbonyl (C=O) groups is 1. The second kappa shape index (κ2) is 8.86. The summed E-state index contributed by atoms with van der Waals surface area (Å²) in [6, 6.07) is 13.8. The van der Waals surface area contributed by atoms with Crippen molar-refractivity contribution in [1.29, 1.82) is 0 Å². The fraction of sp³-hybridized carbons (Fsp3) is 0.333. The van der Waals surface area contributed by atoms with E-state index in [2.05, 4.69) is 37.5 Å². The number of pyridine rings is 1. The summed E-state index contributed by atoms with van der Waals surface area (Å²) in [7, 11) is 1.90. The van der Waals surface area contributed by atoms with Crippen molar-refractivity contribution in [2.45, 2.75) is 18.6 Å². The lowest BCUT2D eigenvalue weighted by molar-refractivity contribution is 0.0561. The van der Waals surface area contributed by atoms with Crippen LogP contribution in [0, 0.1) is 0 Å². The molecular formula is C21H24N6O2S. The van der Waals surface area contributed by atoms with Gasteiger partial charge in [0.15, 0.2) is 0 Å². The van der Waals surface area contributed by atoms with Crippen LogP contribution in [0.2, 0.25) is 0 Å². The van der Waals surface area contributed by atoms with E-state index in [0.29, 0.717) is 36.0 Å². The molecule has 1 aliphatic heterocycles. The molecule has 0 spiro atoms. The molecule has 2 aromatic heterocycles. The van der Waals surface area contributed by atoms with E-state index in [4.69, 9.17) is 0 Å². The molecule has 1 saturated heterocycles. The number of amides is 1. The second-order valence-electron chi connectivity index (χ2n) is 7.63. The molecule has 1 atom stereocenters. The second-order valence-corrected chi connectivity index (χ2v) is 8.46. The predicted octanol–water partition coefficient (Wildman–Crippen LogP) is 2.26. The molecule has 0 saturated carbocycles. The van der Waals surface area contributed by atoms with Crippen molar-refractivity contribution < 1.29 is 9.90 Å². The standard InChI is InChI=1S/C21H24N6O2S/c1-26(13-21(29)9-10-27(14-21)12-16-5-3-2-4-6-16)18-8-7-17(11-22-18)19(28)24-20-25-23-15-30-20/h2-8,11,15,29H,9-10,12-14H2,1H3,(H,24,25,28). The van der Waals surface area contributed by atoms with E-state index in [0.717, 1.165) is 13.1 Å². The molecular weight excluding hydrogens is 400 g/mol. The number of hydrogen-bond acceptors (Lipinski definition) is 8. The normalized spacial score (nSPS) is 19.0. The van der Waals surface area contributed by atoms with Crippen molar-refractivity contribution in [2.24, 2.45) is 0 Å². The first-order valence-corrected chi connectivity index (χ1v) is 10.6. The molecule has 0 aliphatic carbocycles. The third-order valence-electron chi connectivity index (χ3n) is 5.17. The molecule has 1 fully saturated rings. The average molecular weight is 425 g/mol. The van der Waals surface area contributed by atoms with Crippen LogP contribution in [0.3, 0.4) is 0 Å². The number of aliphatic hydroxyl groups is 1. The van der Waals surface area contributed by atoms with Crippen LogP contribution >= 0.6 is 11.3 Å². The van der Waals surface area contributed by atoms with E-state index in [1.807, 2.05) is 30.1 Å². The zero-order valence-electron chi connectivity index (χ0n) is 16.7. The third kappa shape index (κ3) is 4.99. The van der Waals surface area contributed by atoms with Crippen LogP contribution in [0.15, 0.2) is 54.2 Å². The summed E-state index contributed by atoms with van der Waals surface area (Å²) in [5, 5.41) is 21.7. The summed E-state index contributed by atoms with van der Waals surface area (Å²) in [6.07, 6.45) is 2.25. The molecule has 1 unspecified atom stereocenters. The Morgan fingerprint density at radius 2 is 2.13 bits per heavy atom. The predicted molar refractivity (Wildman–Crippen MR) is 117 cm³/mol. The van der Waals surface area contributed by atoms with Gasteiger partial charge in [0, 0.05) is 39.4 Å². The highest BCUT2D eigenvalue weighted by Gasteiger charge is 2.37. The first-order valence-electron chi connectivity index (χ1n) is 9.74. The molecule has 1 aliphatic rings. The molecule has 30 heavy (non-hydrogen) atoms. The molecule has 1 amide bonds. The Balaban J connectivity index is 1.33. The number of nitrogens with zero attached hydrogens (tertiary/aromatic N) is 5. The van der Waals surface area contributed by atoms with Gasteiger partial charge < -0.3 is 10.0 Å². The number of aromatic nitrogens is 3. The summed E-state index contributed by atoms with van der Waals surface area (Å²) < 4.78 is 0. The Labute approximate surface area is 179 Å². The minimum atomic E-state index is -0.793. The highest BCUT2D eigenvalue weighted by molar-refractivity contribution is 7.13. The third-order valence-corrected chi connectivity index (χ3v) is 5.78. The van der Waals surface area contributed by atoms with Crippen LogP contribution in [-0.4, -0.2) is 63.4 Å². The molecule has 8 nitrogen and oxygen atoms in total. The number of rotatable bonds is 7. The minimum absolute atomic E-state index is 0.278. The molecule has 0 radical (unpaired) electrons.